The second-order valence-electron chi connectivity index (χ2n) is 31.4. The van der Waals surface area contributed by atoms with Gasteiger partial charge in [-0.2, -0.15) is 0 Å². The molecule has 23 nitrogen and oxygen atoms in total. The first-order valence-electron chi connectivity index (χ1n) is 43.0. The van der Waals surface area contributed by atoms with E-state index in [1.807, 2.05) is 0 Å². The summed E-state index contributed by atoms with van der Waals surface area (Å²) in [7, 11) is 0. The molecule has 3 fully saturated rings. The molecule has 3 aliphatic rings. The van der Waals surface area contributed by atoms with Gasteiger partial charge in [-0.05, 0) is 38.5 Å². The molecule has 624 valence electrons. The summed E-state index contributed by atoms with van der Waals surface area (Å²) < 4.78 is 35.0. The van der Waals surface area contributed by atoms with Crippen molar-refractivity contribution in [1.29, 1.82) is 0 Å². The molecule has 23 heteroatoms. The van der Waals surface area contributed by atoms with Gasteiger partial charge in [0.25, 0.3) is 5.79 Å². The van der Waals surface area contributed by atoms with Gasteiger partial charge in [0, 0.05) is 19.8 Å². The second kappa shape index (κ2) is 62.0. The average molecular weight is 1520 g/mol. The lowest BCUT2D eigenvalue weighted by Crippen LogP contribution is -2.70. The normalized spacial score (nSPS) is 26.1. The molecule has 18 unspecified atom stereocenters. The predicted molar refractivity (Wildman–Crippen MR) is 412 cm³/mol. The van der Waals surface area contributed by atoms with Gasteiger partial charge in [-0.15, -0.1) is 0 Å². The summed E-state index contributed by atoms with van der Waals surface area (Å²) in [5.41, 5.74) is 0. The van der Waals surface area contributed by atoms with Gasteiger partial charge in [0.15, 0.2) is 12.6 Å². The molecule has 3 saturated heterocycles. The highest BCUT2D eigenvalue weighted by atomic mass is 16.8. The Labute approximate surface area is 639 Å². The number of carbonyl (C=O) groups excluding carboxylic acids is 2. The summed E-state index contributed by atoms with van der Waals surface area (Å²) in [6, 6.07) is -2.53. The Bertz CT molecular complexity index is 2150. The average Bonchev–Trinajstić information content (AvgIpc) is 0.755. The largest absolute Gasteiger partial charge is 0.477 e. The first-order chi connectivity index (χ1) is 51.4. The quantitative estimate of drug-likeness (QED) is 0.0199. The Morgan fingerprint density at radius 2 is 0.877 bits per heavy atom. The SMILES string of the molecule is CCCCCCCCCCCCCC/C=C\CCCCCCCCCCCCCCCCCCCC(=O)NC(COC1OC(CO)C(OC2OC(CO)C(O)C(OC3(C(=O)O)CC(O)C(NC(C)=O)C(C(O)C(O)CO)O3)C2O)C(O)C1O)C(O)CCCCCCCCCCCCCCCCCCCCC. The minimum atomic E-state index is -3.08. The summed E-state index contributed by atoms with van der Waals surface area (Å²) in [4.78, 5) is 38.8. The number of amides is 2. The minimum Gasteiger partial charge on any atom is -0.477 e. The highest BCUT2D eigenvalue weighted by Crippen LogP contribution is 2.39. The monoisotopic (exact) mass is 1520 g/mol. The van der Waals surface area contributed by atoms with Crippen LogP contribution in [0.15, 0.2) is 12.2 Å². The van der Waals surface area contributed by atoms with Crippen LogP contribution >= 0.6 is 0 Å². The third-order valence-corrected chi connectivity index (χ3v) is 22.0. The topological polar surface area (TPSA) is 373 Å². The fourth-order valence-electron chi connectivity index (χ4n) is 15.2. The van der Waals surface area contributed by atoms with E-state index in [0.29, 0.717) is 19.3 Å². The number of rotatable bonds is 69. The zero-order valence-corrected chi connectivity index (χ0v) is 66.3. The van der Waals surface area contributed by atoms with E-state index < -0.39 is 148 Å². The second-order valence-corrected chi connectivity index (χ2v) is 31.4. The lowest BCUT2D eigenvalue weighted by Gasteiger charge is -2.50. The molecule has 14 N–H and O–H groups in total. The van der Waals surface area contributed by atoms with Crippen LogP contribution in [0.25, 0.3) is 0 Å². The van der Waals surface area contributed by atoms with Gasteiger partial charge in [-0.1, -0.05) is 315 Å². The van der Waals surface area contributed by atoms with Gasteiger partial charge >= 0.3 is 5.97 Å². The number of carbonyl (C=O) groups is 3. The lowest BCUT2D eigenvalue weighted by molar-refractivity contribution is -0.386. The van der Waals surface area contributed by atoms with E-state index in [9.17, 15) is 75.7 Å². The number of nitrogens with one attached hydrogen (secondary N) is 2. The maximum absolute atomic E-state index is 13.6. The molecule has 0 aromatic heterocycles. The van der Waals surface area contributed by atoms with Crippen LogP contribution in [-0.4, -0.2) is 215 Å². The van der Waals surface area contributed by atoms with E-state index >= 15 is 0 Å². The molecular formula is C83H156N2O21. The number of hydrogen-bond acceptors (Lipinski definition) is 20. The van der Waals surface area contributed by atoms with Crippen LogP contribution in [0.5, 0.6) is 0 Å². The molecule has 0 bridgehead atoms. The van der Waals surface area contributed by atoms with Crippen LogP contribution in [0.1, 0.15) is 361 Å². The molecule has 18 atom stereocenters. The fraction of sp³-hybridized carbons (Fsp3) is 0.940. The molecule has 0 aliphatic carbocycles. The lowest BCUT2D eigenvalue weighted by atomic mass is 9.88. The number of hydrogen-bond donors (Lipinski definition) is 14. The minimum absolute atomic E-state index is 0.228. The standard InChI is InChI=1S/C83H156N2O21/c1-4-6-8-10-12-14-16-18-20-22-24-25-26-27-28-29-30-31-32-33-34-35-36-37-39-41-43-45-47-49-51-53-55-57-70(93)85-64(65(90)56-54-52-50-48-46-44-42-40-38-23-21-19-17-15-13-11-9-7-5-2)62-101-80-75(97)74(96)77(69(61-88)103-80)104-81-76(98)79(73(95)68(60-87)102-81)106-83(82(99)100)58-66(91)71(84-63(3)89)78(105-83)72(94)67(92)59-86/h27-28,64-69,71-81,86-88,90-92,94-98H,4-26,29-62H2,1-3H3,(H,84,89)(H,85,93)(H,99,100)/b28-27-. The van der Waals surface area contributed by atoms with Crippen LogP contribution in [-0.2, 0) is 42.8 Å². The molecule has 3 heterocycles. The summed E-state index contributed by atoms with van der Waals surface area (Å²) in [5, 5.41) is 137. The van der Waals surface area contributed by atoms with Crippen molar-refractivity contribution in [3.63, 3.8) is 0 Å². The van der Waals surface area contributed by atoms with E-state index in [4.69, 9.17) is 28.4 Å². The number of unbranched alkanes of at least 4 members (excludes halogenated alkanes) is 47. The van der Waals surface area contributed by atoms with Crippen molar-refractivity contribution in [2.45, 2.75) is 471 Å². The van der Waals surface area contributed by atoms with E-state index in [1.165, 1.54) is 257 Å². The smallest absolute Gasteiger partial charge is 0.364 e. The number of carboxylic acids is 1. The molecule has 2 amide bonds. The van der Waals surface area contributed by atoms with Crippen molar-refractivity contribution < 1.29 is 104 Å². The summed E-state index contributed by atoms with van der Waals surface area (Å²) in [6.45, 7) is 2.27. The number of aliphatic hydroxyl groups excluding tert-OH is 11. The molecule has 3 rings (SSSR count). The number of aliphatic hydroxyl groups is 11. The number of carboxylic acid groups (broad SMARTS) is 1. The zero-order chi connectivity index (χ0) is 77.4. The number of ether oxygens (including phenoxy) is 6. The zero-order valence-electron chi connectivity index (χ0n) is 66.3. The number of aliphatic carboxylic acids is 1. The molecular weight excluding hydrogens is 1360 g/mol. The molecule has 0 aromatic rings. The summed E-state index contributed by atoms with van der Waals surface area (Å²) >= 11 is 0. The Kier molecular flexibility index (Phi) is 57.1. The highest BCUT2D eigenvalue weighted by Gasteiger charge is 2.60. The van der Waals surface area contributed by atoms with E-state index in [-0.39, 0.29) is 18.9 Å². The molecule has 0 aromatic carbocycles. The maximum Gasteiger partial charge on any atom is 0.364 e. The van der Waals surface area contributed by atoms with Crippen LogP contribution in [0.3, 0.4) is 0 Å². The van der Waals surface area contributed by atoms with Gasteiger partial charge in [-0.3, -0.25) is 9.59 Å². The first-order valence-corrected chi connectivity index (χ1v) is 43.0. The molecule has 106 heavy (non-hydrogen) atoms. The van der Waals surface area contributed by atoms with Crippen molar-refractivity contribution in [3.05, 3.63) is 12.2 Å². The summed E-state index contributed by atoms with van der Waals surface area (Å²) in [5.74, 6) is -6.09. The molecule has 0 saturated carbocycles. The Hall–Kier alpha value is -2.53. The van der Waals surface area contributed by atoms with Crippen molar-refractivity contribution in [3.8, 4) is 0 Å². The van der Waals surface area contributed by atoms with Crippen LogP contribution in [0.4, 0.5) is 0 Å². The molecule has 3 aliphatic heterocycles. The highest BCUT2D eigenvalue weighted by molar-refractivity contribution is 5.77. The van der Waals surface area contributed by atoms with Gasteiger partial charge in [0.2, 0.25) is 11.8 Å². The van der Waals surface area contributed by atoms with Crippen LogP contribution < -0.4 is 10.6 Å². The van der Waals surface area contributed by atoms with Crippen molar-refractivity contribution in [2.24, 2.45) is 0 Å². The van der Waals surface area contributed by atoms with E-state index in [2.05, 4.69) is 36.6 Å². The number of allylic oxidation sites excluding steroid dienone is 2. The third-order valence-electron chi connectivity index (χ3n) is 22.0. The maximum atomic E-state index is 13.6. The van der Waals surface area contributed by atoms with Crippen molar-refractivity contribution in [1.82, 2.24) is 10.6 Å². The predicted octanol–water partition coefficient (Wildman–Crippen LogP) is 12.5. The van der Waals surface area contributed by atoms with Crippen molar-refractivity contribution in [2.75, 3.05) is 26.4 Å². The van der Waals surface area contributed by atoms with Gasteiger partial charge in [0.1, 0.15) is 67.1 Å². The molecule has 0 radical (unpaired) electrons. The van der Waals surface area contributed by atoms with Gasteiger partial charge < -0.3 is 100 Å². The van der Waals surface area contributed by atoms with Crippen molar-refractivity contribution >= 4 is 17.8 Å². The van der Waals surface area contributed by atoms with Crippen LogP contribution in [0, 0.1) is 0 Å². The van der Waals surface area contributed by atoms with Crippen LogP contribution in [0.2, 0.25) is 0 Å². The Morgan fingerprint density at radius 1 is 0.481 bits per heavy atom. The van der Waals surface area contributed by atoms with Gasteiger partial charge in [-0.25, -0.2) is 4.79 Å². The summed E-state index contributed by atoms with van der Waals surface area (Å²) in [6.07, 6.45) is 39.3. The Balaban J connectivity index is 1.45. The first kappa shape index (κ1) is 97.7. The fourth-order valence-corrected chi connectivity index (χ4v) is 15.2. The third kappa shape index (κ3) is 41.3. The molecule has 0 spiro atoms. The van der Waals surface area contributed by atoms with E-state index in [1.54, 1.807) is 0 Å². The Morgan fingerprint density at radius 3 is 1.27 bits per heavy atom. The van der Waals surface area contributed by atoms with E-state index in [0.717, 1.165) is 58.3 Å². The van der Waals surface area contributed by atoms with Gasteiger partial charge in [0.05, 0.1) is 50.7 Å².